The molecule has 3 amide bonds. The third-order valence-electron chi connectivity index (χ3n) is 5.10. The smallest absolute Gasteiger partial charge is 0.283 e. The summed E-state index contributed by atoms with van der Waals surface area (Å²) in [6, 6.07) is 17.2. The first-order chi connectivity index (χ1) is 16.7. The monoisotopic (exact) mass is 527 g/mol. The van der Waals surface area contributed by atoms with Crippen LogP contribution in [0.3, 0.4) is 0 Å². The number of carbonyl (C=O) groups excluding carboxylic acids is 4. The highest BCUT2D eigenvalue weighted by Gasteiger charge is 2.40. The predicted octanol–water partition coefficient (Wildman–Crippen LogP) is 5.88. The predicted molar refractivity (Wildman–Crippen MR) is 136 cm³/mol. The van der Waals surface area contributed by atoms with Gasteiger partial charge in [-0.1, -0.05) is 53.0 Å². The minimum Gasteiger partial charge on any atom is -0.350 e. The molecule has 10 heteroatoms. The SMILES string of the molecule is CC(=O)c1cccc(NC(=O)c2cccc(NC3=C(Cl)C(=O)N(c4cc(Cl)ccc4Cl)C3=O)c2)c1. The van der Waals surface area contributed by atoms with Gasteiger partial charge in [0.05, 0.1) is 10.7 Å². The number of hydrogen-bond donors (Lipinski definition) is 2. The molecule has 1 aliphatic rings. The van der Waals surface area contributed by atoms with Crippen molar-refractivity contribution in [3.05, 3.63) is 98.6 Å². The fourth-order valence-electron chi connectivity index (χ4n) is 3.39. The van der Waals surface area contributed by atoms with Gasteiger partial charge in [-0.3, -0.25) is 19.2 Å². The van der Waals surface area contributed by atoms with Crippen LogP contribution in [0, 0.1) is 0 Å². The van der Waals surface area contributed by atoms with Crippen LogP contribution in [0.2, 0.25) is 10.0 Å². The van der Waals surface area contributed by atoms with Gasteiger partial charge in [0.1, 0.15) is 10.7 Å². The zero-order valence-corrected chi connectivity index (χ0v) is 20.3. The molecule has 1 aliphatic heterocycles. The van der Waals surface area contributed by atoms with Gasteiger partial charge in [0.2, 0.25) is 0 Å². The van der Waals surface area contributed by atoms with E-state index in [4.69, 9.17) is 34.8 Å². The van der Waals surface area contributed by atoms with Crippen LogP contribution >= 0.6 is 34.8 Å². The minimum absolute atomic E-state index is 0.102. The largest absolute Gasteiger partial charge is 0.350 e. The van der Waals surface area contributed by atoms with Gasteiger partial charge in [-0.15, -0.1) is 0 Å². The van der Waals surface area contributed by atoms with Gasteiger partial charge < -0.3 is 10.6 Å². The van der Waals surface area contributed by atoms with Crippen molar-refractivity contribution in [1.82, 2.24) is 0 Å². The molecular weight excluding hydrogens is 513 g/mol. The summed E-state index contributed by atoms with van der Waals surface area (Å²) in [5, 5.41) is 5.65. The third kappa shape index (κ3) is 5.07. The van der Waals surface area contributed by atoms with Gasteiger partial charge in [-0.2, -0.15) is 0 Å². The van der Waals surface area contributed by atoms with E-state index in [2.05, 4.69) is 10.6 Å². The summed E-state index contributed by atoms with van der Waals surface area (Å²) < 4.78 is 0. The highest BCUT2D eigenvalue weighted by atomic mass is 35.5. The summed E-state index contributed by atoms with van der Waals surface area (Å²) in [6.07, 6.45) is 0. The molecule has 0 fully saturated rings. The molecule has 0 radical (unpaired) electrons. The molecule has 7 nitrogen and oxygen atoms in total. The number of amides is 3. The lowest BCUT2D eigenvalue weighted by Gasteiger charge is -2.17. The zero-order chi connectivity index (χ0) is 25.3. The number of ketones is 1. The van der Waals surface area contributed by atoms with Crippen molar-refractivity contribution in [1.29, 1.82) is 0 Å². The second-order valence-electron chi connectivity index (χ2n) is 7.53. The molecule has 0 atom stereocenters. The van der Waals surface area contributed by atoms with Crippen LogP contribution in [0.25, 0.3) is 0 Å². The van der Waals surface area contributed by atoms with Gasteiger partial charge in [0, 0.05) is 27.5 Å². The van der Waals surface area contributed by atoms with E-state index in [-0.39, 0.29) is 37.8 Å². The van der Waals surface area contributed by atoms with E-state index < -0.39 is 17.7 Å². The first-order valence-electron chi connectivity index (χ1n) is 10.2. The average molecular weight is 529 g/mol. The standard InChI is InChI=1S/C25H16Cl3N3O4/c1-13(32)14-4-2-7-18(10-14)30-23(33)15-5-3-6-17(11-15)29-22-21(28)24(34)31(25(22)35)20-12-16(26)8-9-19(20)27/h2-12,29H,1H3,(H,30,33). The molecule has 3 aromatic carbocycles. The van der Waals surface area contributed by atoms with E-state index in [9.17, 15) is 19.2 Å². The number of hydrogen-bond acceptors (Lipinski definition) is 5. The molecule has 176 valence electrons. The number of halogens is 3. The lowest BCUT2D eigenvalue weighted by molar-refractivity contribution is -0.120. The van der Waals surface area contributed by atoms with Crippen LogP contribution in [-0.4, -0.2) is 23.5 Å². The molecular formula is C25H16Cl3N3O4. The third-order valence-corrected chi connectivity index (χ3v) is 6.00. The maximum Gasteiger partial charge on any atom is 0.283 e. The van der Waals surface area contributed by atoms with Crippen molar-refractivity contribution in [2.45, 2.75) is 6.92 Å². The normalized spacial score (nSPS) is 13.3. The molecule has 0 aromatic heterocycles. The number of imide groups is 1. The number of carbonyl (C=O) groups is 4. The quantitative estimate of drug-likeness (QED) is 0.307. The Hall–Kier alpha value is -3.65. The number of nitrogens with zero attached hydrogens (tertiary/aromatic N) is 1. The van der Waals surface area contributed by atoms with Crippen LogP contribution in [0.1, 0.15) is 27.6 Å². The summed E-state index contributed by atoms with van der Waals surface area (Å²) >= 11 is 18.3. The minimum atomic E-state index is -0.761. The first-order valence-corrected chi connectivity index (χ1v) is 11.3. The van der Waals surface area contributed by atoms with Crippen molar-refractivity contribution in [3.8, 4) is 0 Å². The van der Waals surface area contributed by atoms with Gasteiger partial charge >= 0.3 is 0 Å². The van der Waals surface area contributed by atoms with Crippen LogP contribution in [0.4, 0.5) is 17.1 Å². The van der Waals surface area contributed by atoms with Crippen LogP contribution in [-0.2, 0) is 9.59 Å². The Morgan fingerprint density at radius 1 is 0.800 bits per heavy atom. The Morgan fingerprint density at radius 3 is 2.17 bits per heavy atom. The number of Topliss-reactive ketones (excluding diaryl/α,β-unsaturated/α-hetero) is 1. The maximum absolute atomic E-state index is 13.0. The molecule has 35 heavy (non-hydrogen) atoms. The van der Waals surface area contributed by atoms with Gasteiger partial charge in [0.15, 0.2) is 5.78 Å². The second-order valence-corrected chi connectivity index (χ2v) is 8.75. The summed E-state index contributed by atoms with van der Waals surface area (Å²) in [6.45, 7) is 1.44. The molecule has 0 bridgehead atoms. The zero-order valence-electron chi connectivity index (χ0n) is 18.1. The van der Waals surface area contributed by atoms with Crippen molar-refractivity contribution in [2.75, 3.05) is 15.5 Å². The van der Waals surface area contributed by atoms with Crippen LogP contribution < -0.4 is 15.5 Å². The number of rotatable bonds is 6. The fraction of sp³-hybridized carbons (Fsp3) is 0.0400. The molecule has 2 N–H and O–H groups in total. The van der Waals surface area contributed by atoms with Gasteiger partial charge in [0.25, 0.3) is 17.7 Å². The van der Waals surface area contributed by atoms with Gasteiger partial charge in [-0.25, -0.2) is 4.90 Å². The summed E-state index contributed by atoms with van der Waals surface area (Å²) in [5.41, 5.74) is 1.48. The second kappa shape index (κ2) is 9.92. The summed E-state index contributed by atoms with van der Waals surface area (Å²) in [4.78, 5) is 50.9. The molecule has 1 heterocycles. The number of anilines is 3. The van der Waals surface area contributed by atoms with Crippen LogP contribution in [0.15, 0.2) is 77.5 Å². The molecule has 0 saturated heterocycles. The van der Waals surface area contributed by atoms with E-state index in [0.717, 1.165) is 4.90 Å². The molecule has 0 aliphatic carbocycles. The van der Waals surface area contributed by atoms with Gasteiger partial charge in [-0.05, 0) is 55.5 Å². The summed E-state index contributed by atoms with van der Waals surface area (Å²) in [5.74, 6) is -2.04. The van der Waals surface area contributed by atoms with Crippen molar-refractivity contribution < 1.29 is 19.2 Å². The fourth-order valence-corrected chi connectivity index (χ4v) is 3.97. The maximum atomic E-state index is 13.0. The van der Waals surface area contributed by atoms with Crippen molar-refractivity contribution in [2.24, 2.45) is 0 Å². The van der Waals surface area contributed by atoms with E-state index >= 15 is 0 Å². The molecule has 0 saturated carbocycles. The Balaban J connectivity index is 1.55. The lowest BCUT2D eigenvalue weighted by atomic mass is 10.1. The van der Waals surface area contributed by atoms with E-state index in [1.54, 1.807) is 42.5 Å². The molecule has 4 rings (SSSR count). The summed E-state index contributed by atoms with van der Waals surface area (Å²) in [7, 11) is 0. The Labute approximate surface area is 215 Å². The molecule has 3 aromatic rings. The highest BCUT2D eigenvalue weighted by molar-refractivity contribution is 6.54. The first kappa shape index (κ1) is 24.5. The highest BCUT2D eigenvalue weighted by Crippen LogP contribution is 2.35. The Bertz CT molecular complexity index is 1430. The van der Waals surface area contributed by atoms with E-state index in [1.807, 2.05) is 0 Å². The topological polar surface area (TPSA) is 95.6 Å². The van der Waals surface area contributed by atoms with E-state index in [1.165, 1.54) is 31.2 Å². The van der Waals surface area contributed by atoms with Crippen LogP contribution in [0.5, 0.6) is 0 Å². The van der Waals surface area contributed by atoms with E-state index in [0.29, 0.717) is 16.9 Å². The molecule has 0 spiro atoms. The van der Waals surface area contributed by atoms with Crippen molar-refractivity contribution in [3.63, 3.8) is 0 Å². The Morgan fingerprint density at radius 2 is 1.46 bits per heavy atom. The van der Waals surface area contributed by atoms with Crippen molar-refractivity contribution >= 4 is 75.4 Å². The molecule has 0 unspecified atom stereocenters. The number of nitrogens with one attached hydrogen (secondary N) is 2. The number of benzene rings is 3. The Kier molecular flexibility index (Phi) is 6.93. The lowest BCUT2D eigenvalue weighted by Crippen LogP contribution is -2.32. The average Bonchev–Trinajstić information content (AvgIpc) is 3.04.